The Morgan fingerprint density at radius 1 is 1.29 bits per heavy atom. The molecule has 2 nitrogen and oxygen atoms in total. The maximum atomic E-state index is 5.13. The van der Waals surface area contributed by atoms with Crippen LogP contribution in [0.5, 0.6) is 0 Å². The Morgan fingerprint density at radius 2 is 2.18 bits per heavy atom. The van der Waals surface area contributed by atoms with Crippen LogP contribution in [0.25, 0.3) is 0 Å². The molecule has 0 aliphatic carbocycles. The average molecular weight is 247 g/mol. The molecule has 0 amide bonds. The lowest BCUT2D eigenvalue weighted by molar-refractivity contribution is 0.185. The van der Waals surface area contributed by atoms with Gasteiger partial charge in [-0.1, -0.05) is 12.1 Å². The number of thiophene rings is 1. The fraction of sp³-hybridized carbons (Fsp3) is 0.286. The van der Waals surface area contributed by atoms with E-state index >= 15 is 0 Å². The second-order valence-corrected chi connectivity index (χ2v) is 5.01. The lowest BCUT2D eigenvalue weighted by Gasteiger charge is -2.07. The molecule has 1 aromatic heterocycles. The molecule has 0 radical (unpaired) electrons. The van der Waals surface area contributed by atoms with Gasteiger partial charge < -0.3 is 10.1 Å². The summed E-state index contributed by atoms with van der Waals surface area (Å²) in [6.07, 6.45) is 0. The van der Waals surface area contributed by atoms with Crippen molar-refractivity contribution in [2.75, 3.05) is 12.4 Å². The summed E-state index contributed by atoms with van der Waals surface area (Å²) >= 11 is 1.80. The van der Waals surface area contributed by atoms with Crippen LogP contribution in [0.3, 0.4) is 0 Å². The van der Waals surface area contributed by atoms with Crippen molar-refractivity contribution in [3.8, 4) is 0 Å². The van der Waals surface area contributed by atoms with Crippen molar-refractivity contribution < 1.29 is 4.74 Å². The minimum absolute atomic E-state index is 0.660. The molecule has 0 fully saturated rings. The highest BCUT2D eigenvalue weighted by Gasteiger charge is 2.00. The van der Waals surface area contributed by atoms with E-state index in [2.05, 4.69) is 48.0 Å². The summed E-state index contributed by atoms with van der Waals surface area (Å²) in [4.78, 5) is 1.39. The fourth-order valence-corrected chi connectivity index (χ4v) is 2.55. The molecule has 0 atom stereocenters. The van der Waals surface area contributed by atoms with Gasteiger partial charge in [-0.3, -0.25) is 0 Å². The first-order chi connectivity index (χ1) is 8.29. The summed E-state index contributed by atoms with van der Waals surface area (Å²) in [5.41, 5.74) is 3.70. The van der Waals surface area contributed by atoms with E-state index in [1.165, 1.54) is 16.0 Å². The number of rotatable bonds is 5. The van der Waals surface area contributed by atoms with Gasteiger partial charge in [0.1, 0.15) is 0 Å². The predicted molar refractivity (Wildman–Crippen MR) is 73.5 cm³/mol. The monoisotopic (exact) mass is 247 g/mol. The Kier molecular flexibility index (Phi) is 4.18. The Balaban J connectivity index is 1.99. The van der Waals surface area contributed by atoms with Crippen LogP contribution < -0.4 is 5.32 Å². The minimum Gasteiger partial charge on any atom is -0.380 e. The molecule has 0 bridgehead atoms. The molecule has 3 heteroatoms. The molecule has 1 aromatic carbocycles. The number of ether oxygens (including phenoxy) is 1. The Labute approximate surface area is 106 Å². The first-order valence-electron chi connectivity index (χ1n) is 5.64. The van der Waals surface area contributed by atoms with Gasteiger partial charge >= 0.3 is 0 Å². The summed E-state index contributed by atoms with van der Waals surface area (Å²) in [5, 5.41) is 5.57. The van der Waals surface area contributed by atoms with E-state index in [1.54, 1.807) is 18.4 Å². The van der Waals surface area contributed by atoms with Crippen molar-refractivity contribution in [3.05, 3.63) is 51.7 Å². The molecule has 90 valence electrons. The molecular formula is C14H17NOS. The summed E-state index contributed by atoms with van der Waals surface area (Å²) in [5.74, 6) is 0. The number of benzene rings is 1. The van der Waals surface area contributed by atoms with Gasteiger partial charge in [-0.25, -0.2) is 0 Å². The minimum atomic E-state index is 0.660. The Morgan fingerprint density at radius 3 is 2.88 bits per heavy atom. The number of hydrogen-bond acceptors (Lipinski definition) is 3. The summed E-state index contributed by atoms with van der Waals surface area (Å²) < 4.78 is 5.13. The first kappa shape index (κ1) is 12.1. The van der Waals surface area contributed by atoms with Crippen LogP contribution in [0.1, 0.15) is 16.0 Å². The molecule has 2 rings (SSSR count). The lowest BCUT2D eigenvalue weighted by atomic mass is 10.2. The Bertz CT molecular complexity index is 479. The normalized spacial score (nSPS) is 10.5. The first-order valence-corrected chi connectivity index (χ1v) is 6.52. The quantitative estimate of drug-likeness (QED) is 0.867. The van der Waals surface area contributed by atoms with Crippen LogP contribution in [0.4, 0.5) is 5.69 Å². The summed E-state index contributed by atoms with van der Waals surface area (Å²) in [6, 6.07) is 10.5. The highest BCUT2D eigenvalue weighted by molar-refractivity contribution is 7.10. The van der Waals surface area contributed by atoms with E-state index in [-0.39, 0.29) is 0 Å². The molecule has 0 saturated heterocycles. The van der Waals surface area contributed by atoms with Crippen LogP contribution in [0.15, 0.2) is 35.7 Å². The summed E-state index contributed by atoms with van der Waals surface area (Å²) in [6.45, 7) is 3.70. The average Bonchev–Trinajstić information content (AvgIpc) is 2.73. The molecule has 0 saturated carbocycles. The second-order valence-electron chi connectivity index (χ2n) is 4.01. The van der Waals surface area contributed by atoms with Gasteiger partial charge in [0.05, 0.1) is 6.61 Å². The third-order valence-corrected chi connectivity index (χ3v) is 3.68. The number of aryl methyl sites for hydroxylation is 1. The van der Waals surface area contributed by atoms with Gasteiger partial charge in [0.2, 0.25) is 0 Å². The van der Waals surface area contributed by atoms with Gasteiger partial charge in [-0.2, -0.15) is 0 Å². The molecule has 1 N–H and O–H groups in total. The highest BCUT2D eigenvalue weighted by Crippen LogP contribution is 2.18. The van der Waals surface area contributed by atoms with E-state index in [4.69, 9.17) is 4.74 Å². The molecule has 17 heavy (non-hydrogen) atoms. The smallest absolute Gasteiger partial charge is 0.0713 e. The molecular weight excluding hydrogens is 230 g/mol. The van der Waals surface area contributed by atoms with Crippen LogP contribution in [-0.4, -0.2) is 7.11 Å². The number of methoxy groups -OCH3 is 1. The second kappa shape index (κ2) is 5.84. The zero-order valence-electron chi connectivity index (χ0n) is 10.2. The molecule has 0 spiro atoms. The van der Waals surface area contributed by atoms with Gasteiger partial charge in [0.15, 0.2) is 0 Å². The lowest BCUT2D eigenvalue weighted by Crippen LogP contribution is -1.99. The molecule has 0 unspecified atom stereocenters. The number of hydrogen-bond donors (Lipinski definition) is 1. The summed E-state index contributed by atoms with van der Waals surface area (Å²) in [7, 11) is 1.72. The van der Waals surface area contributed by atoms with Crippen LogP contribution in [-0.2, 0) is 17.9 Å². The number of nitrogens with one attached hydrogen (secondary N) is 1. The zero-order chi connectivity index (χ0) is 12.1. The van der Waals surface area contributed by atoms with Gasteiger partial charge in [0.25, 0.3) is 0 Å². The van der Waals surface area contributed by atoms with Crippen molar-refractivity contribution in [1.82, 2.24) is 0 Å². The van der Waals surface area contributed by atoms with Crippen molar-refractivity contribution >= 4 is 17.0 Å². The van der Waals surface area contributed by atoms with Crippen molar-refractivity contribution in [3.63, 3.8) is 0 Å². The van der Waals surface area contributed by atoms with E-state index in [1.807, 2.05) is 0 Å². The maximum absolute atomic E-state index is 5.13. The van der Waals surface area contributed by atoms with Gasteiger partial charge in [-0.15, -0.1) is 11.3 Å². The van der Waals surface area contributed by atoms with Crippen molar-refractivity contribution in [1.29, 1.82) is 0 Å². The largest absolute Gasteiger partial charge is 0.380 e. The molecule has 0 aliphatic rings. The van der Waals surface area contributed by atoms with E-state index in [9.17, 15) is 0 Å². The predicted octanol–water partition coefficient (Wildman–Crippen LogP) is 3.82. The van der Waals surface area contributed by atoms with Gasteiger partial charge in [-0.05, 0) is 41.6 Å². The van der Waals surface area contributed by atoms with Crippen molar-refractivity contribution in [2.45, 2.75) is 20.1 Å². The van der Waals surface area contributed by atoms with E-state index < -0.39 is 0 Å². The van der Waals surface area contributed by atoms with E-state index in [0.717, 1.165) is 12.2 Å². The molecule has 1 heterocycles. The van der Waals surface area contributed by atoms with Crippen molar-refractivity contribution in [2.24, 2.45) is 0 Å². The highest BCUT2D eigenvalue weighted by atomic mass is 32.1. The van der Waals surface area contributed by atoms with E-state index in [0.29, 0.717) is 6.61 Å². The zero-order valence-corrected chi connectivity index (χ0v) is 11.0. The Hall–Kier alpha value is -1.32. The van der Waals surface area contributed by atoms with Crippen LogP contribution in [0, 0.1) is 6.92 Å². The van der Waals surface area contributed by atoms with Gasteiger partial charge in [0, 0.05) is 24.2 Å². The van der Waals surface area contributed by atoms with Crippen LogP contribution >= 0.6 is 11.3 Å². The number of anilines is 1. The topological polar surface area (TPSA) is 21.3 Å². The van der Waals surface area contributed by atoms with Crippen LogP contribution in [0.2, 0.25) is 0 Å². The standard InChI is InChI=1S/C14H17NOS/c1-11-6-7-17-14(11)9-15-13-5-3-4-12(8-13)10-16-2/h3-8,15H,9-10H2,1-2H3. The third kappa shape index (κ3) is 3.32. The molecule has 0 aliphatic heterocycles. The molecule has 2 aromatic rings. The third-order valence-electron chi connectivity index (χ3n) is 2.66. The maximum Gasteiger partial charge on any atom is 0.0713 e. The SMILES string of the molecule is COCc1cccc(NCc2sccc2C)c1. The fourth-order valence-electron chi connectivity index (χ4n) is 1.71.